The molecule has 0 heterocycles. The van der Waals surface area contributed by atoms with Crippen LogP contribution >= 0.6 is 0 Å². The van der Waals surface area contributed by atoms with Crippen LogP contribution in [0.5, 0.6) is 0 Å². The van der Waals surface area contributed by atoms with Crippen molar-refractivity contribution in [2.24, 2.45) is 0 Å². The summed E-state index contributed by atoms with van der Waals surface area (Å²) in [7, 11) is 0. The molecule has 0 amide bonds. The number of rotatable bonds is 2. The zero-order chi connectivity index (χ0) is 11.0. The number of carbonyl (C=O) groups excluding carboxylic acids is 2. The minimum absolute atomic E-state index is 0.109. The quantitative estimate of drug-likeness (QED) is 0.408. The number of nitrogens with zero attached hydrogens (tertiary/aromatic N) is 1. The summed E-state index contributed by atoms with van der Waals surface area (Å²) in [6, 6.07) is 5.80. The molecule has 0 aliphatic rings. The molecular formula is C9H9NO4. The van der Waals surface area contributed by atoms with Crippen LogP contribution in [-0.2, 0) is 4.79 Å². The molecule has 0 atom stereocenters. The first-order chi connectivity index (χ1) is 6.67. The fourth-order valence-corrected chi connectivity index (χ4v) is 0.753. The Hall–Kier alpha value is -2.04. The Morgan fingerprint density at radius 2 is 1.79 bits per heavy atom. The fourth-order valence-electron chi connectivity index (χ4n) is 0.753. The second-order valence-electron chi connectivity index (χ2n) is 2.17. The molecule has 1 rings (SSSR count). The van der Waals surface area contributed by atoms with Crippen molar-refractivity contribution in [1.29, 1.82) is 0 Å². The molecule has 5 nitrogen and oxygen atoms in total. The largest absolute Gasteiger partial charge is 0.304 e. The molecule has 0 aromatic heterocycles. The summed E-state index contributed by atoms with van der Waals surface area (Å²) < 4.78 is 0. The van der Waals surface area contributed by atoms with E-state index in [0.29, 0.717) is 6.29 Å². The molecule has 0 saturated heterocycles. The first-order valence-corrected chi connectivity index (χ1v) is 3.75. The zero-order valence-electron chi connectivity index (χ0n) is 7.54. The number of nitro groups is 1. The molecule has 14 heavy (non-hydrogen) atoms. The van der Waals surface area contributed by atoms with E-state index in [1.165, 1.54) is 25.1 Å². The second kappa shape index (κ2) is 6.47. The van der Waals surface area contributed by atoms with Gasteiger partial charge in [0.25, 0.3) is 5.69 Å². The predicted molar refractivity (Wildman–Crippen MR) is 50.2 cm³/mol. The predicted octanol–water partition coefficient (Wildman–Crippen LogP) is 1.61. The molecule has 0 N–H and O–H groups in total. The molecule has 0 radical (unpaired) electrons. The van der Waals surface area contributed by atoms with E-state index in [4.69, 9.17) is 4.79 Å². The van der Waals surface area contributed by atoms with Gasteiger partial charge in [-0.1, -0.05) is 12.1 Å². The van der Waals surface area contributed by atoms with E-state index >= 15 is 0 Å². The van der Waals surface area contributed by atoms with Crippen molar-refractivity contribution in [2.75, 3.05) is 0 Å². The summed E-state index contributed by atoms with van der Waals surface area (Å²) in [6.45, 7) is 1.44. The Bertz CT molecular complexity index is 335. The minimum Gasteiger partial charge on any atom is -0.304 e. The van der Waals surface area contributed by atoms with Crippen LogP contribution in [0.4, 0.5) is 5.69 Å². The maximum Gasteiger partial charge on any atom is 0.279 e. The van der Waals surface area contributed by atoms with Crippen molar-refractivity contribution in [2.45, 2.75) is 6.92 Å². The Morgan fingerprint density at radius 1 is 1.29 bits per heavy atom. The SMILES string of the molecule is CC=O.O=Cc1ccccc1[N+](=O)[O-]. The van der Waals surface area contributed by atoms with Gasteiger partial charge in [0.1, 0.15) is 6.29 Å². The highest BCUT2D eigenvalue weighted by Crippen LogP contribution is 2.14. The number of nitro benzene ring substituents is 1. The van der Waals surface area contributed by atoms with Gasteiger partial charge in [-0.25, -0.2) is 0 Å². The van der Waals surface area contributed by atoms with Crippen molar-refractivity contribution < 1.29 is 14.5 Å². The van der Waals surface area contributed by atoms with Crippen molar-refractivity contribution in [1.82, 2.24) is 0 Å². The molecule has 0 unspecified atom stereocenters. The lowest BCUT2D eigenvalue weighted by atomic mass is 10.2. The van der Waals surface area contributed by atoms with E-state index in [1.54, 1.807) is 6.07 Å². The molecule has 5 heteroatoms. The number of hydrogen-bond donors (Lipinski definition) is 0. The molecular weight excluding hydrogens is 186 g/mol. The molecule has 1 aromatic carbocycles. The number of carbonyl (C=O) groups is 2. The van der Waals surface area contributed by atoms with Crippen LogP contribution in [0.25, 0.3) is 0 Å². The summed E-state index contributed by atoms with van der Waals surface area (Å²) >= 11 is 0. The first-order valence-electron chi connectivity index (χ1n) is 3.75. The summed E-state index contributed by atoms with van der Waals surface area (Å²) in [5, 5.41) is 10.2. The van der Waals surface area contributed by atoms with Crippen molar-refractivity contribution in [3.05, 3.63) is 39.9 Å². The van der Waals surface area contributed by atoms with Crippen LogP contribution in [0.15, 0.2) is 24.3 Å². The molecule has 0 spiro atoms. The van der Waals surface area contributed by atoms with E-state index in [1.807, 2.05) is 0 Å². The van der Waals surface area contributed by atoms with Gasteiger partial charge in [0.15, 0.2) is 6.29 Å². The lowest BCUT2D eigenvalue weighted by Crippen LogP contribution is -1.92. The third-order valence-electron chi connectivity index (χ3n) is 1.26. The van der Waals surface area contributed by atoms with E-state index in [2.05, 4.69) is 0 Å². The van der Waals surface area contributed by atoms with Crippen LogP contribution in [0.1, 0.15) is 17.3 Å². The first kappa shape index (κ1) is 12.0. The van der Waals surface area contributed by atoms with Gasteiger partial charge in [-0.3, -0.25) is 14.9 Å². The average Bonchev–Trinajstić information content (AvgIpc) is 2.19. The number of aldehydes is 2. The van der Waals surface area contributed by atoms with Crippen LogP contribution in [0.3, 0.4) is 0 Å². The highest BCUT2D eigenvalue weighted by Gasteiger charge is 2.09. The van der Waals surface area contributed by atoms with Crippen LogP contribution in [-0.4, -0.2) is 17.5 Å². The molecule has 0 aliphatic carbocycles. The fraction of sp³-hybridized carbons (Fsp3) is 0.111. The Balaban J connectivity index is 0.000000500. The number of hydrogen-bond acceptors (Lipinski definition) is 4. The monoisotopic (exact) mass is 195 g/mol. The maximum atomic E-state index is 10.2. The lowest BCUT2D eigenvalue weighted by molar-refractivity contribution is -0.385. The van der Waals surface area contributed by atoms with Gasteiger partial charge in [0.05, 0.1) is 10.5 Å². The molecule has 0 fully saturated rings. The lowest BCUT2D eigenvalue weighted by Gasteiger charge is -1.91. The number of para-hydroxylation sites is 1. The van der Waals surface area contributed by atoms with E-state index in [0.717, 1.165) is 6.29 Å². The molecule has 0 aliphatic heterocycles. The van der Waals surface area contributed by atoms with Gasteiger partial charge in [-0.2, -0.15) is 0 Å². The van der Waals surface area contributed by atoms with Crippen LogP contribution in [0, 0.1) is 10.1 Å². The van der Waals surface area contributed by atoms with Gasteiger partial charge in [0.2, 0.25) is 0 Å². The zero-order valence-corrected chi connectivity index (χ0v) is 7.54. The summed E-state index contributed by atoms with van der Waals surface area (Å²) in [5.41, 5.74) is -0.0417. The van der Waals surface area contributed by atoms with Gasteiger partial charge in [-0.05, 0) is 13.0 Å². The standard InChI is InChI=1S/C7H5NO3.C2H4O/c9-5-6-3-1-2-4-7(6)8(10)11;1-2-3/h1-5H;2H,1H3. The van der Waals surface area contributed by atoms with Gasteiger partial charge in [0, 0.05) is 6.07 Å². The Kier molecular flexibility index (Phi) is 5.53. The van der Waals surface area contributed by atoms with E-state index in [9.17, 15) is 14.9 Å². The average molecular weight is 195 g/mol. The third-order valence-corrected chi connectivity index (χ3v) is 1.26. The highest BCUT2D eigenvalue weighted by molar-refractivity contribution is 5.81. The summed E-state index contributed by atoms with van der Waals surface area (Å²) in [6.07, 6.45) is 1.22. The van der Waals surface area contributed by atoms with E-state index < -0.39 is 4.92 Å². The van der Waals surface area contributed by atoms with Gasteiger partial charge >= 0.3 is 0 Å². The summed E-state index contributed by atoms with van der Waals surface area (Å²) in [4.78, 5) is 28.7. The van der Waals surface area contributed by atoms with Crippen molar-refractivity contribution >= 4 is 18.3 Å². The normalized spacial score (nSPS) is 8.07. The second-order valence-corrected chi connectivity index (χ2v) is 2.17. The molecule has 1 aromatic rings. The van der Waals surface area contributed by atoms with Gasteiger partial charge < -0.3 is 4.79 Å². The highest BCUT2D eigenvalue weighted by atomic mass is 16.6. The van der Waals surface area contributed by atoms with Gasteiger partial charge in [-0.15, -0.1) is 0 Å². The summed E-state index contributed by atoms with van der Waals surface area (Å²) in [5.74, 6) is 0. The molecule has 74 valence electrons. The molecule has 0 bridgehead atoms. The smallest absolute Gasteiger partial charge is 0.279 e. The minimum atomic E-state index is -0.580. The third kappa shape index (κ3) is 3.57. The Labute approximate surface area is 80.5 Å². The van der Waals surface area contributed by atoms with Crippen LogP contribution in [0.2, 0.25) is 0 Å². The number of benzene rings is 1. The van der Waals surface area contributed by atoms with Crippen molar-refractivity contribution in [3.8, 4) is 0 Å². The topological polar surface area (TPSA) is 77.3 Å². The van der Waals surface area contributed by atoms with Crippen LogP contribution < -0.4 is 0 Å². The Morgan fingerprint density at radius 3 is 2.14 bits per heavy atom. The molecule has 0 saturated carbocycles. The van der Waals surface area contributed by atoms with E-state index in [-0.39, 0.29) is 11.3 Å². The van der Waals surface area contributed by atoms with Crippen molar-refractivity contribution in [3.63, 3.8) is 0 Å². The maximum absolute atomic E-state index is 10.2.